The first-order chi connectivity index (χ1) is 10.2. The zero-order chi connectivity index (χ0) is 15.1. The standard InChI is InChI=1S/C17H27N3O/c1-14(18)16-9-5-6-12-20(16)13-17(21)19-11-10-15-7-3-2-4-8-15/h2-4,7-8,14,16H,5-6,9-13,18H2,1H3,(H,19,21). The Morgan fingerprint density at radius 3 is 2.86 bits per heavy atom. The van der Waals surface area contributed by atoms with Crippen LogP contribution in [-0.2, 0) is 11.2 Å². The summed E-state index contributed by atoms with van der Waals surface area (Å²) in [6, 6.07) is 10.7. The highest BCUT2D eigenvalue weighted by Crippen LogP contribution is 2.18. The molecule has 4 heteroatoms. The number of carbonyl (C=O) groups is 1. The maximum absolute atomic E-state index is 12.1. The van der Waals surface area contributed by atoms with Gasteiger partial charge in [-0.05, 0) is 38.3 Å². The number of piperidine rings is 1. The minimum atomic E-state index is 0.110. The molecule has 0 spiro atoms. The fraction of sp³-hybridized carbons (Fsp3) is 0.588. The summed E-state index contributed by atoms with van der Waals surface area (Å²) in [5.74, 6) is 0.110. The number of nitrogens with one attached hydrogen (secondary N) is 1. The molecule has 0 aromatic heterocycles. The summed E-state index contributed by atoms with van der Waals surface area (Å²) < 4.78 is 0. The molecule has 1 heterocycles. The van der Waals surface area contributed by atoms with Crippen LogP contribution < -0.4 is 11.1 Å². The Morgan fingerprint density at radius 1 is 1.38 bits per heavy atom. The van der Waals surface area contributed by atoms with Gasteiger partial charge >= 0.3 is 0 Å². The van der Waals surface area contributed by atoms with E-state index in [0.29, 0.717) is 19.1 Å². The molecule has 1 saturated heterocycles. The number of benzene rings is 1. The highest BCUT2D eigenvalue weighted by atomic mass is 16.2. The molecule has 1 amide bonds. The first-order valence-electron chi connectivity index (χ1n) is 7.97. The van der Waals surface area contributed by atoms with Crippen LogP contribution in [0.2, 0.25) is 0 Å². The molecular weight excluding hydrogens is 262 g/mol. The molecule has 2 rings (SSSR count). The molecule has 1 aliphatic rings. The van der Waals surface area contributed by atoms with Crippen LogP contribution in [0.4, 0.5) is 0 Å². The Balaban J connectivity index is 1.73. The highest BCUT2D eigenvalue weighted by Gasteiger charge is 2.26. The zero-order valence-corrected chi connectivity index (χ0v) is 12.9. The highest BCUT2D eigenvalue weighted by molar-refractivity contribution is 5.78. The molecular formula is C17H27N3O. The van der Waals surface area contributed by atoms with Crippen molar-refractivity contribution in [3.8, 4) is 0 Å². The van der Waals surface area contributed by atoms with E-state index in [1.54, 1.807) is 0 Å². The van der Waals surface area contributed by atoms with E-state index in [9.17, 15) is 4.79 Å². The molecule has 1 aliphatic heterocycles. The first-order valence-corrected chi connectivity index (χ1v) is 7.97. The minimum absolute atomic E-state index is 0.110. The topological polar surface area (TPSA) is 58.4 Å². The zero-order valence-electron chi connectivity index (χ0n) is 12.9. The monoisotopic (exact) mass is 289 g/mol. The number of nitrogens with two attached hydrogens (primary N) is 1. The van der Waals surface area contributed by atoms with Crippen LogP contribution >= 0.6 is 0 Å². The van der Waals surface area contributed by atoms with Gasteiger partial charge in [-0.3, -0.25) is 9.69 Å². The summed E-state index contributed by atoms with van der Waals surface area (Å²) in [5.41, 5.74) is 7.29. The molecule has 1 fully saturated rings. The Bertz CT molecular complexity index is 433. The molecule has 3 N–H and O–H groups in total. The number of nitrogens with zero attached hydrogens (tertiary/aromatic N) is 1. The molecule has 21 heavy (non-hydrogen) atoms. The van der Waals surface area contributed by atoms with Crippen molar-refractivity contribution in [2.75, 3.05) is 19.6 Å². The van der Waals surface area contributed by atoms with Gasteiger partial charge in [0.25, 0.3) is 0 Å². The number of carbonyl (C=O) groups excluding carboxylic acids is 1. The Kier molecular flexibility index (Phi) is 6.21. The molecule has 0 bridgehead atoms. The van der Waals surface area contributed by atoms with Crippen molar-refractivity contribution in [2.45, 2.75) is 44.7 Å². The number of amides is 1. The molecule has 0 aliphatic carbocycles. The largest absolute Gasteiger partial charge is 0.355 e. The van der Waals surface area contributed by atoms with Gasteiger partial charge in [0, 0.05) is 18.6 Å². The van der Waals surface area contributed by atoms with Gasteiger partial charge in [-0.2, -0.15) is 0 Å². The van der Waals surface area contributed by atoms with E-state index in [-0.39, 0.29) is 11.9 Å². The number of hydrogen-bond donors (Lipinski definition) is 2. The third-order valence-corrected chi connectivity index (χ3v) is 4.20. The SMILES string of the molecule is CC(N)C1CCCCN1CC(=O)NCCc1ccccc1. The minimum Gasteiger partial charge on any atom is -0.355 e. The van der Waals surface area contributed by atoms with Crippen LogP contribution in [0.3, 0.4) is 0 Å². The fourth-order valence-electron chi connectivity index (χ4n) is 3.04. The van der Waals surface area contributed by atoms with E-state index in [2.05, 4.69) is 22.3 Å². The lowest BCUT2D eigenvalue weighted by Gasteiger charge is -2.37. The number of likely N-dealkylation sites (tertiary alicyclic amines) is 1. The molecule has 0 saturated carbocycles. The van der Waals surface area contributed by atoms with Crippen LogP contribution in [0.15, 0.2) is 30.3 Å². The summed E-state index contributed by atoms with van der Waals surface area (Å²) in [7, 11) is 0. The van der Waals surface area contributed by atoms with Crippen molar-refractivity contribution in [3.63, 3.8) is 0 Å². The smallest absolute Gasteiger partial charge is 0.234 e. The molecule has 1 aromatic rings. The van der Waals surface area contributed by atoms with Crippen molar-refractivity contribution in [2.24, 2.45) is 5.73 Å². The van der Waals surface area contributed by atoms with E-state index in [4.69, 9.17) is 5.73 Å². The fourth-order valence-corrected chi connectivity index (χ4v) is 3.04. The third kappa shape index (κ3) is 5.14. The van der Waals surface area contributed by atoms with Crippen LogP contribution in [0, 0.1) is 0 Å². The number of rotatable bonds is 6. The van der Waals surface area contributed by atoms with Crippen molar-refractivity contribution in [3.05, 3.63) is 35.9 Å². The third-order valence-electron chi connectivity index (χ3n) is 4.20. The number of hydrogen-bond acceptors (Lipinski definition) is 3. The quantitative estimate of drug-likeness (QED) is 0.835. The van der Waals surface area contributed by atoms with E-state index in [1.165, 1.54) is 18.4 Å². The lowest BCUT2D eigenvalue weighted by molar-refractivity contribution is -0.123. The molecule has 0 radical (unpaired) electrons. The second-order valence-electron chi connectivity index (χ2n) is 5.98. The summed E-state index contributed by atoms with van der Waals surface area (Å²) in [4.78, 5) is 14.3. The first kappa shape index (κ1) is 16.0. The van der Waals surface area contributed by atoms with Gasteiger partial charge in [-0.15, -0.1) is 0 Å². The van der Waals surface area contributed by atoms with Crippen molar-refractivity contribution in [1.29, 1.82) is 0 Å². The maximum atomic E-state index is 12.1. The van der Waals surface area contributed by atoms with Gasteiger partial charge in [0.2, 0.25) is 5.91 Å². The van der Waals surface area contributed by atoms with E-state index >= 15 is 0 Å². The average Bonchev–Trinajstić information content (AvgIpc) is 2.48. The molecule has 1 aromatic carbocycles. The van der Waals surface area contributed by atoms with Crippen molar-refractivity contribution >= 4 is 5.91 Å². The Morgan fingerprint density at radius 2 is 2.14 bits per heavy atom. The van der Waals surface area contributed by atoms with Gasteiger partial charge < -0.3 is 11.1 Å². The summed E-state index contributed by atoms with van der Waals surface area (Å²) >= 11 is 0. The molecule has 4 nitrogen and oxygen atoms in total. The molecule has 116 valence electrons. The lowest BCUT2D eigenvalue weighted by atomic mass is 9.97. The molecule has 2 unspecified atom stereocenters. The normalized spacial score (nSPS) is 21.0. The van der Waals surface area contributed by atoms with E-state index in [1.807, 2.05) is 25.1 Å². The lowest BCUT2D eigenvalue weighted by Crippen LogP contribution is -2.52. The average molecular weight is 289 g/mol. The van der Waals surface area contributed by atoms with Crippen LogP contribution in [0.25, 0.3) is 0 Å². The predicted octanol–water partition coefficient (Wildman–Crippen LogP) is 1.55. The summed E-state index contributed by atoms with van der Waals surface area (Å²) in [5, 5.41) is 3.02. The Hall–Kier alpha value is -1.39. The van der Waals surface area contributed by atoms with Gasteiger partial charge in [0.05, 0.1) is 6.54 Å². The van der Waals surface area contributed by atoms with Crippen LogP contribution in [0.1, 0.15) is 31.7 Å². The predicted molar refractivity (Wildman–Crippen MR) is 86.0 cm³/mol. The van der Waals surface area contributed by atoms with Gasteiger partial charge in [0.15, 0.2) is 0 Å². The maximum Gasteiger partial charge on any atom is 0.234 e. The second kappa shape index (κ2) is 8.15. The summed E-state index contributed by atoms with van der Waals surface area (Å²) in [6.07, 6.45) is 4.37. The second-order valence-corrected chi connectivity index (χ2v) is 5.98. The van der Waals surface area contributed by atoms with Gasteiger partial charge in [-0.25, -0.2) is 0 Å². The van der Waals surface area contributed by atoms with Crippen molar-refractivity contribution < 1.29 is 4.79 Å². The van der Waals surface area contributed by atoms with Gasteiger partial charge in [0.1, 0.15) is 0 Å². The Labute approximate surface area is 127 Å². The van der Waals surface area contributed by atoms with E-state index < -0.39 is 0 Å². The van der Waals surface area contributed by atoms with Crippen molar-refractivity contribution in [1.82, 2.24) is 10.2 Å². The van der Waals surface area contributed by atoms with E-state index in [0.717, 1.165) is 19.4 Å². The van der Waals surface area contributed by atoms with Gasteiger partial charge in [-0.1, -0.05) is 36.8 Å². The summed E-state index contributed by atoms with van der Waals surface area (Å²) in [6.45, 7) is 4.19. The van der Waals surface area contributed by atoms with Crippen LogP contribution in [-0.4, -0.2) is 42.5 Å². The molecule has 2 atom stereocenters. The van der Waals surface area contributed by atoms with Crippen LogP contribution in [0.5, 0.6) is 0 Å².